The summed E-state index contributed by atoms with van der Waals surface area (Å²) >= 11 is 0. The standard InChI is InChI=1S/C38H35BO/c1-2-7-27-26(6-1)30-20-32-28-8-3-4-10-36(28)40-37-11-5-9-29(38(32)37)31(30)21-35(27)39(33-18-22-12-14-24(33)16-22)34-19-23-13-15-25(34)17-23/h1-11,20-25,33-34H,12-19H2. The Morgan fingerprint density at radius 3 is 1.90 bits per heavy atom. The van der Waals surface area contributed by atoms with Crippen molar-refractivity contribution in [2.45, 2.75) is 63.0 Å². The van der Waals surface area contributed by atoms with Gasteiger partial charge in [0.1, 0.15) is 11.5 Å². The van der Waals surface area contributed by atoms with E-state index in [9.17, 15) is 0 Å². The largest absolute Gasteiger partial charge is 0.456 e. The summed E-state index contributed by atoms with van der Waals surface area (Å²) in [4.78, 5) is 0. The van der Waals surface area contributed by atoms with Crippen LogP contribution in [0.2, 0.25) is 11.6 Å². The Labute approximate surface area is 237 Å². The highest BCUT2D eigenvalue weighted by Gasteiger charge is 2.52. The molecule has 0 saturated heterocycles. The van der Waals surface area contributed by atoms with Gasteiger partial charge in [-0.15, -0.1) is 0 Å². The SMILES string of the molecule is c1ccc2c(c1)Oc1cccc3c1c-2cc1c2ccccc2c(B(C2CC4CCC2C4)C2CC4CCC2C4)cc31. The quantitative estimate of drug-likeness (QED) is 0.167. The smallest absolute Gasteiger partial charge is 0.183 e. The van der Waals surface area contributed by atoms with E-state index < -0.39 is 0 Å². The number of benzene rings is 5. The van der Waals surface area contributed by atoms with Crippen LogP contribution in [0.1, 0.15) is 51.4 Å². The number of ether oxygens (including phenoxy) is 1. The van der Waals surface area contributed by atoms with E-state index in [0.717, 1.165) is 46.8 Å². The second kappa shape index (κ2) is 8.15. The zero-order chi connectivity index (χ0) is 25.9. The number of hydrogen-bond donors (Lipinski definition) is 0. The molecule has 0 aromatic heterocycles. The molecular weight excluding hydrogens is 483 g/mol. The van der Waals surface area contributed by atoms with Crippen LogP contribution in [0.3, 0.4) is 0 Å². The number of hydrogen-bond acceptors (Lipinski definition) is 1. The van der Waals surface area contributed by atoms with Gasteiger partial charge in [-0.25, -0.2) is 0 Å². The maximum atomic E-state index is 6.49. The van der Waals surface area contributed by atoms with Gasteiger partial charge in [0.05, 0.1) is 0 Å². The Balaban J connectivity index is 1.28. The molecule has 1 aliphatic heterocycles. The van der Waals surface area contributed by atoms with Crippen LogP contribution in [0.5, 0.6) is 11.5 Å². The monoisotopic (exact) mass is 518 g/mol. The highest BCUT2D eigenvalue weighted by atomic mass is 16.5. The third-order valence-electron chi connectivity index (χ3n) is 12.3. The van der Waals surface area contributed by atoms with Crippen molar-refractivity contribution in [1.82, 2.24) is 0 Å². The topological polar surface area (TPSA) is 9.23 Å². The molecule has 1 nitrogen and oxygen atoms in total. The highest BCUT2D eigenvalue weighted by molar-refractivity contribution is 6.78. The second-order valence-corrected chi connectivity index (χ2v) is 14.0. The summed E-state index contributed by atoms with van der Waals surface area (Å²) in [6, 6.07) is 29.9. The van der Waals surface area contributed by atoms with Crippen LogP contribution in [0.25, 0.3) is 43.4 Å². The molecule has 4 aliphatic carbocycles. The van der Waals surface area contributed by atoms with Gasteiger partial charge < -0.3 is 4.74 Å². The van der Waals surface area contributed by atoms with E-state index in [1.54, 1.807) is 5.46 Å². The third kappa shape index (κ3) is 3.00. The minimum absolute atomic E-state index is 0.711. The van der Waals surface area contributed by atoms with E-state index in [1.807, 2.05) is 0 Å². The van der Waals surface area contributed by atoms with Gasteiger partial charge >= 0.3 is 0 Å². The predicted molar refractivity (Wildman–Crippen MR) is 168 cm³/mol. The van der Waals surface area contributed by atoms with Gasteiger partial charge in [-0.05, 0) is 87.2 Å². The van der Waals surface area contributed by atoms with Crippen LogP contribution in [0, 0.1) is 23.7 Å². The van der Waals surface area contributed by atoms with E-state index in [4.69, 9.17) is 4.74 Å². The molecular formula is C38H35BO. The first kappa shape index (κ1) is 22.4. The van der Waals surface area contributed by atoms with Crippen LogP contribution < -0.4 is 10.2 Å². The van der Waals surface area contributed by atoms with Crippen molar-refractivity contribution in [3.8, 4) is 22.6 Å². The molecule has 0 amide bonds. The third-order valence-corrected chi connectivity index (χ3v) is 12.3. The number of rotatable bonds is 3. The average Bonchev–Trinajstić information content (AvgIpc) is 3.81. The Morgan fingerprint density at radius 1 is 0.525 bits per heavy atom. The molecule has 6 atom stereocenters. The first-order valence-electron chi connectivity index (χ1n) is 16.0. The lowest BCUT2D eigenvalue weighted by molar-refractivity contribution is 0.441. The average molecular weight is 519 g/mol. The van der Waals surface area contributed by atoms with Crippen LogP contribution >= 0.6 is 0 Å². The summed E-state index contributed by atoms with van der Waals surface area (Å²) in [5.74, 6) is 7.59. The second-order valence-electron chi connectivity index (χ2n) is 14.0. The van der Waals surface area contributed by atoms with Crippen molar-refractivity contribution in [2.75, 3.05) is 0 Å². The van der Waals surface area contributed by atoms with Crippen LogP contribution in [0.4, 0.5) is 0 Å². The van der Waals surface area contributed by atoms with E-state index in [1.165, 1.54) is 94.8 Å². The summed E-state index contributed by atoms with van der Waals surface area (Å²) in [6.45, 7) is 0.711. The number of para-hydroxylation sites is 1. The Bertz CT molecular complexity index is 1830. The highest BCUT2D eigenvalue weighted by Crippen LogP contribution is 2.60. The molecule has 0 spiro atoms. The molecule has 5 aliphatic rings. The van der Waals surface area contributed by atoms with Gasteiger partial charge in [0, 0.05) is 10.9 Å². The minimum atomic E-state index is 0.711. The summed E-state index contributed by atoms with van der Waals surface area (Å²) in [5.41, 5.74) is 4.20. The van der Waals surface area contributed by atoms with Gasteiger partial charge in [-0.1, -0.05) is 116 Å². The minimum Gasteiger partial charge on any atom is -0.456 e. The molecule has 0 N–H and O–H groups in total. The van der Waals surface area contributed by atoms with E-state index in [-0.39, 0.29) is 0 Å². The van der Waals surface area contributed by atoms with Crippen molar-refractivity contribution in [2.24, 2.45) is 23.7 Å². The van der Waals surface area contributed by atoms with Gasteiger partial charge in [0.2, 0.25) is 0 Å². The van der Waals surface area contributed by atoms with E-state index in [0.29, 0.717) is 6.71 Å². The van der Waals surface area contributed by atoms with Gasteiger partial charge in [0.15, 0.2) is 6.71 Å². The summed E-state index contributed by atoms with van der Waals surface area (Å²) in [6.07, 6.45) is 11.9. The molecule has 196 valence electrons. The van der Waals surface area contributed by atoms with Crippen LogP contribution in [-0.2, 0) is 0 Å². The molecule has 40 heavy (non-hydrogen) atoms. The first-order chi connectivity index (χ1) is 19.8. The van der Waals surface area contributed by atoms with Gasteiger partial charge in [-0.3, -0.25) is 0 Å². The van der Waals surface area contributed by atoms with Crippen LogP contribution in [-0.4, -0.2) is 6.71 Å². The zero-order valence-corrected chi connectivity index (χ0v) is 23.1. The van der Waals surface area contributed by atoms with Crippen LogP contribution in [0.15, 0.2) is 78.9 Å². The molecule has 2 heteroatoms. The fourth-order valence-corrected chi connectivity index (χ4v) is 10.8. The summed E-state index contributed by atoms with van der Waals surface area (Å²) in [7, 11) is 0. The predicted octanol–water partition coefficient (Wildman–Crippen LogP) is 10.0. The maximum absolute atomic E-state index is 6.49. The Kier molecular flexibility index (Phi) is 4.57. The lowest BCUT2D eigenvalue weighted by Crippen LogP contribution is -2.43. The fourth-order valence-electron chi connectivity index (χ4n) is 10.8. The van der Waals surface area contributed by atoms with E-state index in [2.05, 4.69) is 78.9 Å². The van der Waals surface area contributed by atoms with E-state index >= 15 is 0 Å². The van der Waals surface area contributed by atoms with Gasteiger partial charge in [0.25, 0.3) is 0 Å². The van der Waals surface area contributed by atoms with Crippen molar-refractivity contribution in [3.05, 3.63) is 78.9 Å². The summed E-state index contributed by atoms with van der Waals surface area (Å²) in [5, 5.41) is 8.42. The van der Waals surface area contributed by atoms with Crippen molar-refractivity contribution in [3.63, 3.8) is 0 Å². The fraction of sp³-hybridized carbons (Fsp3) is 0.368. The molecule has 5 aromatic rings. The molecule has 4 fully saturated rings. The lowest BCUT2D eigenvalue weighted by atomic mass is 9.26. The normalized spacial score (nSPS) is 29.4. The molecule has 5 aromatic carbocycles. The number of fused-ring (bicyclic) bond motifs is 10. The molecule has 1 heterocycles. The lowest BCUT2D eigenvalue weighted by Gasteiger charge is -2.37. The molecule has 4 bridgehead atoms. The first-order valence-corrected chi connectivity index (χ1v) is 16.0. The molecule has 6 unspecified atom stereocenters. The molecule has 4 saturated carbocycles. The Morgan fingerprint density at radius 2 is 1.18 bits per heavy atom. The Hall–Kier alpha value is -3.26. The summed E-state index contributed by atoms with van der Waals surface area (Å²) < 4.78 is 6.49. The van der Waals surface area contributed by atoms with Gasteiger partial charge in [-0.2, -0.15) is 0 Å². The molecule has 10 rings (SSSR count). The zero-order valence-electron chi connectivity index (χ0n) is 23.1. The van der Waals surface area contributed by atoms with Crippen molar-refractivity contribution < 1.29 is 4.74 Å². The molecule has 0 radical (unpaired) electrons. The maximum Gasteiger partial charge on any atom is 0.183 e. The van der Waals surface area contributed by atoms with Crippen molar-refractivity contribution in [1.29, 1.82) is 0 Å². The van der Waals surface area contributed by atoms with Crippen molar-refractivity contribution >= 4 is 44.5 Å².